The van der Waals surface area contributed by atoms with Crippen LogP contribution in [0.4, 0.5) is 0 Å². The molecule has 19 heavy (non-hydrogen) atoms. The first-order valence-corrected chi connectivity index (χ1v) is 7.55. The van der Waals surface area contributed by atoms with Gasteiger partial charge in [-0.3, -0.25) is 0 Å². The van der Waals surface area contributed by atoms with Crippen molar-refractivity contribution in [3.8, 4) is 11.5 Å². The number of nitrogens with one attached hydrogen (secondary N) is 1. The van der Waals surface area contributed by atoms with Gasteiger partial charge in [0.2, 0.25) is 0 Å². The Kier molecular flexibility index (Phi) is 4.28. The molecule has 4 nitrogen and oxygen atoms in total. The van der Waals surface area contributed by atoms with Gasteiger partial charge >= 0.3 is 0 Å². The molecule has 0 spiro atoms. The molecule has 0 aromatic heterocycles. The molecule has 1 aliphatic rings. The lowest BCUT2D eigenvalue weighted by Crippen LogP contribution is -2.42. The van der Waals surface area contributed by atoms with Crippen LogP contribution < -0.4 is 14.2 Å². The Hall–Kier alpha value is -0.910. The second kappa shape index (κ2) is 5.61. The number of fused-ring (bicyclic) bond motifs is 1. The number of benzene rings is 1. The van der Waals surface area contributed by atoms with Crippen molar-refractivity contribution < 1.29 is 14.0 Å². The van der Waals surface area contributed by atoms with Gasteiger partial charge in [0.15, 0.2) is 0 Å². The zero-order valence-electron chi connectivity index (χ0n) is 11.9. The van der Waals surface area contributed by atoms with Crippen LogP contribution in [0.2, 0.25) is 0 Å². The highest BCUT2D eigenvalue weighted by Crippen LogP contribution is 2.35. The van der Waals surface area contributed by atoms with E-state index < -0.39 is 11.4 Å². The van der Waals surface area contributed by atoms with Crippen molar-refractivity contribution in [3.63, 3.8) is 0 Å². The largest absolute Gasteiger partial charge is 0.598 e. The van der Waals surface area contributed by atoms with Crippen molar-refractivity contribution in [2.45, 2.75) is 38.0 Å². The summed E-state index contributed by atoms with van der Waals surface area (Å²) in [5.74, 6) is 1.59. The fourth-order valence-corrected chi connectivity index (χ4v) is 2.78. The summed E-state index contributed by atoms with van der Waals surface area (Å²) in [6.07, 6.45) is 0.821. The molecular formula is C14H21NO3S. The molecule has 0 aliphatic carbocycles. The summed E-state index contributed by atoms with van der Waals surface area (Å²) in [5, 5.41) is 0. The van der Waals surface area contributed by atoms with E-state index in [0.717, 1.165) is 23.5 Å². The fraction of sp³-hybridized carbons (Fsp3) is 0.571. The van der Waals surface area contributed by atoms with Crippen LogP contribution in [0.25, 0.3) is 0 Å². The van der Waals surface area contributed by atoms with Crippen LogP contribution in [0.3, 0.4) is 0 Å². The topological polar surface area (TPSA) is 53.5 Å². The normalized spacial score (nSPS) is 20.4. The Bertz CT molecular complexity index is 445. The zero-order valence-corrected chi connectivity index (χ0v) is 12.7. The van der Waals surface area contributed by atoms with Gasteiger partial charge < -0.3 is 14.0 Å². The van der Waals surface area contributed by atoms with Gasteiger partial charge in [-0.1, -0.05) is 0 Å². The number of hydrogen-bond acceptors (Lipinski definition) is 4. The highest BCUT2D eigenvalue weighted by molar-refractivity contribution is 7.90. The Labute approximate surface area is 117 Å². The van der Waals surface area contributed by atoms with E-state index in [1.807, 2.05) is 39.0 Å². The lowest BCUT2D eigenvalue weighted by molar-refractivity contribution is 0.261. The third-order valence-electron chi connectivity index (χ3n) is 3.07. The Balaban J connectivity index is 2.18. The molecular weight excluding hydrogens is 262 g/mol. The van der Waals surface area contributed by atoms with E-state index >= 15 is 0 Å². The van der Waals surface area contributed by atoms with E-state index in [-0.39, 0.29) is 10.8 Å². The first-order valence-electron chi connectivity index (χ1n) is 6.40. The van der Waals surface area contributed by atoms with Crippen LogP contribution in [0.5, 0.6) is 11.5 Å². The molecule has 1 aromatic carbocycles. The molecule has 2 rings (SSSR count). The van der Waals surface area contributed by atoms with E-state index in [1.165, 1.54) is 0 Å². The lowest BCUT2D eigenvalue weighted by Gasteiger charge is -2.31. The van der Waals surface area contributed by atoms with Crippen LogP contribution in [0.1, 0.15) is 38.8 Å². The number of ether oxygens (including phenoxy) is 2. The quantitative estimate of drug-likeness (QED) is 0.866. The number of hydrogen-bond donors (Lipinski definition) is 1. The molecule has 0 fully saturated rings. The van der Waals surface area contributed by atoms with Crippen molar-refractivity contribution in [3.05, 3.63) is 23.8 Å². The predicted molar refractivity (Wildman–Crippen MR) is 76.9 cm³/mol. The highest BCUT2D eigenvalue weighted by atomic mass is 32.2. The van der Waals surface area contributed by atoms with E-state index in [9.17, 15) is 4.55 Å². The Morgan fingerprint density at radius 3 is 2.79 bits per heavy atom. The second-order valence-corrected chi connectivity index (χ2v) is 7.59. The van der Waals surface area contributed by atoms with Crippen molar-refractivity contribution >= 4 is 11.4 Å². The maximum absolute atomic E-state index is 12.2. The minimum atomic E-state index is -1.09. The fourth-order valence-electron chi connectivity index (χ4n) is 1.93. The summed E-state index contributed by atoms with van der Waals surface area (Å²) >= 11 is -1.09. The summed E-state index contributed by atoms with van der Waals surface area (Å²) in [6, 6.07) is 5.82. The van der Waals surface area contributed by atoms with Gasteiger partial charge in [0.1, 0.15) is 16.2 Å². The molecule has 1 heterocycles. The Morgan fingerprint density at radius 2 is 2.16 bits per heavy atom. The van der Waals surface area contributed by atoms with Crippen LogP contribution >= 0.6 is 0 Å². The average Bonchev–Trinajstić information content (AvgIpc) is 2.37. The molecule has 106 valence electrons. The predicted octanol–water partition coefficient (Wildman–Crippen LogP) is 2.57. The average molecular weight is 283 g/mol. The van der Waals surface area contributed by atoms with E-state index in [1.54, 1.807) is 7.11 Å². The first-order chi connectivity index (χ1) is 8.91. The molecule has 0 bridgehead atoms. The van der Waals surface area contributed by atoms with Crippen LogP contribution in [-0.4, -0.2) is 23.0 Å². The molecule has 1 aliphatic heterocycles. The summed E-state index contributed by atoms with van der Waals surface area (Å²) in [5.41, 5.74) is 1.05. The molecule has 0 saturated heterocycles. The second-order valence-electron chi connectivity index (χ2n) is 5.59. The van der Waals surface area contributed by atoms with Crippen LogP contribution in [0, 0.1) is 0 Å². The van der Waals surface area contributed by atoms with E-state index in [0.29, 0.717) is 6.61 Å². The van der Waals surface area contributed by atoms with Gasteiger partial charge in [-0.15, -0.1) is 4.72 Å². The minimum Gasteiger partial charge on any atom is -0.598 e. The smallest absolute Gasteiger partial charge is 0.136 e. The van der Waals surface area contributed by atoms with Crippen LogP contribution in [-0.2, 0) is 11.4 Å². The van der Waals surface area contributed by atoms with Gasteiger partial charge in [-0.05, 0) is 32.9 Å². The maximum atomic E-state index is 12.2. The number of rotatable bonds is 3. The summed E-state index contributed by atoms with van der Waals surface area (Å²) in [6.45, 7) is 6.51. The molecule has 1 N–H and O–H groups in total. The SMILES string of the molecule is COc1ccc2c(c1)OCC[C@@H]2N[S@@+]([O-])C(C)(C)C. The molecule has 0 radical (unpaired) electrons. The standard InChI is InChI=1S/C14H21NO3S/c1-14(2,3)19(16)15-12-7-8-18-13-9-10(17-4)5-6-11(12)13/h5-6,9,12,15H,7-8H2,1-4H3/t12-,19-/m0/s1. The van der Waals surface area contributed by atoms with Gasteiger partial charge in [0.05, 0.1) is 19.8 Å². The van der Waals surface area contributed by atoms with Crippen molar-refractivity contribution in [2.24, 2.45) is 0 Å². The molecule has 2 atom stereocenters. The molecule has 0 unspecified atom stereocenters. The zero-order chi connectivity index (χ0) is 14.0. The summed E-state index contributed by atoms with van der Waals surface area (Å²) < 4.78 is 26.0. The van der Waals surface area contributed by atoms with Gasteiger partial charge in [-0.2, -0.15) is 0 Å². The van der Waals surface area contributed by atoms with E-state index in [2.05, 4.69) is 4.72 Å². The van der Waals surface area contributed by atoms with Gasteiger partial charge in [0.25, 0.3) is 0 Å². The van der Waals surface area contributed by atoms with Crippen molar-refractivity contribution in [1.82, 2.24) is 4.72 Å². The first kappa shape index (κ1) is 14.5. The van der Waals surface area contributed by atoms with Crippen molar-refractivity contribution in [1.29, 1.82) is 0 Å². The summed E-state index contributed by atoms with van der Waals surface area (Å²) in [7, 11) is 1.63. The molecule has 0 saturated carbocycles. The molecule has 1 aromatic rings. The monoisotopic (exact) mass is 283 g/mol. The minimum absolute atomic E-state index is 0.0646. The third kappa shape index (κ3) is 3.35. The van der Waals surface area contributed by atoms with Crippen LogP contribution in [0.15, 0.2) is 18.2 Å². The lowest BCUT2D eigenvalue weighted by atomic mass is 10.0. The summed E-state index contributed by atoms with van der Waals surface area (Å²) in [4.78, 5) is 0. The Morgan fingerprint density at radius 1 is 1.42 bits per heavy atom. The van der Waals surface area contributed by atoms with Gasteiger partial charge in [-0.25, -0.2) is 0 Å². The molecule has 0 amide bonds. The van der Waals surface area contributed by atoms with E-state index in [4.69, 9.17) is 9.47 Å². The number of methoxy groups -OCH3 is 1. The highest BCUT2D eigenvalue weighted by Gasteiger charge is 2.32. The maximum Gasteiger partial charge on any atom is 0.136 e. The van der Waals surface area contributed by atoms with Crippen molar-refractivity contribution in [2.75, 3.05) is 13.7 Å². The molecule has 5 heteroatoms. The third-order valence-corrected chi connectivity index (χ3v) is 4.68. The van der Waals surface area contributed by atoms with Gasteiger partial charge in [0, 0.05) is 29.4 Å².